The van der Waals surface area contributed by atoms with Crippen molar-refractivity contribution in [2.24, 2.45) is 5.73 Å². The van der Waals surface area contributed by atoms with E-state index >= 15 is 0 Å². The molecular formula is C19H16ClN3O2S. The summed E-state index contributed by atoms with van der Waals surface area (Å²) >= 11 is 7.46. The molecule has 1 aromatic heterocycles. The van der Waals surface area contributed by atoms with Gasteiger partial charge in [-0.1, -0.05) is 41.6 Å². The zero-order chi connectivity index (χ0) is 18.7. The van der Waals surface area contributed by atoms with Crippen LogP contribution >= 0.6 is 23.4 Å². The average Bonchev–Trinajstić information content (AvgIpc) is 2.62. The van der Waals surface area contributed by atoms with Crippen molar-refractivity contribution in [3.63, 3.8) is 0 Å². The highest BCUT2D eigenvalue weighted by Crippen LogP contribution is 2.23. The van der Waals surface area contributed by atoms with Gasteiger partial charge in [0.1, 0.15) is 0 Å². The summed E-state index contributed by atoms with van der Waals surface area (Å²) in [7, 11) is 0. The van der Waals surface area contributed by atoms with Gasteiger partial charge in [-0.15, -0.1) is 6.58 Å². The van der Waals surface area contributed by atoms with E-state index in [4.69, 9.17) is 17.3 Å². The number of nitrogens with two attached hydrogens (primary N) is 1. The summed E-state index contributed by atoms with van der Waals surface area (Å²) in [5.74, 6) is 0.131. The zero-order valence-electron chi connectivity index (χ0n) is 13.8. The van der Waals surface area contributed by atoms with Gasteiger partial charge in [-0.25, -0.2) is 4.98 Å². The van der Waals surface area contributed by atoms with E-state index < -0.39 is 5.91 Å². The van der Waals surface area contributed by atoms with E-state index in [1.54, 1.807) is 41.0 Å². The van der Waals surface area contributed by atoms with Crippen molar-refractivity contribution >= 4 is 40.2 Å². The smallest absolute Gasteiger partial charge is 0.262 e. The maximum atomic E-state index is 12.7. The van der Waals surface area contributed by atoms with Crippen LogP contribution in [0.4, 0.5) is 0 Å². The fraction of sp³-hybridized carbons (Fsp3) is 0.105. The number of halogens is 1. The van der Waals surface area contributed by atoms with E-state index in [9.17, 15) is 9.59 Å². The summed E-state index contributed by atoms with van der Waals surface area (Å²) in [6.45, 7) is 4.08. The molecule has 0 aliphatic carbocycles. The molecule has 1 amide bonds. The molecule has 0 saturated carbocycles. The highest BCUT2D eigenvalue weighted by atomic mass is 35.5. The average molecular weight is 386 g/mol. The van der Waals surface area contributed by atoms with Crippen molar-refractivity contribution in [3.8, 4) is 0 Å². The maximum absolute atomic E-state index is 12.7. The Morgan fingerprint density at radius 2 is 2.00 bits per heavy atom. The van der Waals surface area contributed by atoms with Gasteiger partial charge in [0, 0.05) is 22.9 Å². The Balaban J connectivity index is 1.95. The summed E-state index contributed by atoms with van der Waals surface area (Å²) in [5, 5.41) is 1.64. The van der Waals surface area contributed by atoms with Crippen molar-refractivity contribution in [1.82, 2.24) is 9.55 Å². The first-order valence-electron chi connectivity index (χ1n) is 7.82. The van der Waals surface area contributed by atoms with Crippen molar-refractivity contribution in [2.45, 2.75) is 17.5 Å². The third-order valence-corrected chi connectivity index (χ3v) is 5.08. The SMILES string of the molecule is C=CCn1c(SCc2ccc(C(N)=O)cc2)nc2cc(Cl)ccc2c1=O. The van der Waals surface area contributed by atoms with Crippen LogP contribution < -0.4 is 11.3 Å². The van der Waals surface area contributed by atoms with E-state index in [0.29, 0.717) is 38.9 Å². The Bertz CT molecular complexity index is 1050. The molecule has 0 atom stereocenters. The van der Waals surface area contributed by atoms with Crippen LogP contribution in [0, 0.1) is 0 Å². The predicted molar refractivity (Wildman–Crippen MR) is 106 cm³/mol. The van der Waals surface area contributed by atoms with E-state index in [0.717, 1.165) is 5.56 Å². The number of fused-ring (bicyclic) bond motifs is 1. The molecule has 2 N–H and O–H groups in total. The summed E-state index contributed by atoms with van der Waals surface area (Å²) in [6, 6.07) is 12.1. The minimum Gasteiger partial charge on any atom is -0.366 e. The fourth-order valence-electron chi connectivity index (χ4n) is 2.49. The minimum atomic E-state index is -0.461. The predicted octanol–water partition coefficient (Wildman–Crippen LogP) is 3.63. The maximum Gasteiger partial charge on any atom is 0.262 e. The third kappa shape index (κ3) is 3.81. The van der Waals surface area contributed by atoms with Crippen molar-refractivity contribution < 1.29 is 4.79 Å². The van der Waals surface area contributed by atoms with E-state index in [1.807, 2.05) is 12.1 Å². The Morgan fingerprint density at radius 3 is 2.65 bits per heavy atom. The van der Waals surface area contributed by atoms with Gasteiger partial charge in [-0.05, 0) is 35.9 Å². The van der Waals surface area contributed by atoms with Crippen molar-refractivity contribution in [2.75, 3.05) is 0 Å². The van der Waals surface area contributed by atoms with Crippen LogP contribution in [0.2, 0.25) is 5.02 Å². The van der Waals surface area contributed by atoms with E-state index in [1.165, 1.54) is 11.8 Å². The first kappa shape index (κ1) is 18.2. The molecule has 0 fully saturated rings. The quantitative estimate of drug-likeness (QED) is 0.399. The summed E-state index contributed by atoms with van der Waals surface area (Å²) in [5.41, 5.74) is 7.14. The number of carbonyl (C=O) groups excluding carboxylic acids is 1. The largest absolute Gasteiger partial charge is 0.366 e. The van der Waals surface area contributed by atoms with Gasteiger partial charge < -0.3 is 5.73 Å². The first-order valence-corrected chi connectivity index (χ1v) is 9.18. The molecule has 132 valence electrons. The van der Waals surface area contributed by atoms with Gasteiger partial charge in [-0.2, -0.15) is 0 Å². The molecule has 7 heteroatoms. The molecular weight excluding hydrogens is 370 g/mol. The Hall–Kier alpha value is -2.57. The molecule has 0 unspecified atom stereocenters. The van der Waals surface area contributed by atoms with Crippen LogP contribution in [0.25, 0.3) is 10.9 Å². The number of primary amides is 1. The second-order valence-electron chi connectivity index (χ2n) is 5.61. The van der Waals surface area contributed by atoms with Crippen LogP contribution in [0.3, 0.4) is 0 Å². The number of hydrogen-bond donors (Lipinski definition) is 1. The highest BCUT2D eigenvalue weighted by Gasteiger charge is 2.11. The van der Waals surface area contributed by atoms with Gasteiger partial charge in [0.05, 0.1) is 10.9 Å². The molecule has 0 radical (unpaired) electrons. The lowest BCUT2D eigenvalue weighted by Crippen LogP contribution is -2.22. The molecule has 0 bridgehead atoms. The number of benzene rings is 2. The highest BCUT2D eigenvalue weighted by molar-refractivity contribution is 7.98. The minimum absolute atomic E-state index is 0.127. The third-order valence-electron chi connectivity index (χ3n) is 3.80. The van der Waals surface area contributed by atoms with Crippen LogP contribution in [0.1, 0.15) is 15.9 Å². The van der Waals surface area contributed by atoms with Crippen molar-refractivity contribution in [3.05, 3.63) is 81.6 Å². The lowest BCUT2D eigenvalue weighted by molar-refractivity contribution is 0.100. The zero-order valence-corrected chi connectivity index (χ0v) is 15.4. The lowest BCUT2D eigenvalue weighted by atomic mass is 10.1. The molecule has 0 spiro atoms. The number of amides is 1. The Labute approximate surface area is 159 Å². The molecule has 26 heavy (non-hydrogen) atoms. The molecule has 5 nitrogen and oxygen atoms in total. The molecule has 3 rings (SSSR count). The number of nitrogens with zero attached hydrogens (tertiary/aromatic N) is 2. The fourth-order valence-corrected chi connectivity index (χ4v) is 3.62. The number of carbonyl (C=O) groups is 1. The molecule has 0 aliphatic heterocycles. The first-order chi connectivity index (χ1) is 12.5. The topological polar surface area (TPSA) is 78.0 Å². The summed E-state index contributed by atoms with van der Waals surface area (Å²) in [4.78, 5) is 28.5. The molecule has 3 aromatic rings. The Morgan fingerprint density at radius 1 is 1.27 bits per heavy atom. The molecule has 0 aliphatic rings. The van der Waals surface area contributed by atoms with E-state index in [2.05, 4.69) is 11.6 Å². The normalized spacial score (nSPS) is 10.8. The van der Waals surface area contributed by atoms with Crippen LogP contribution in [0.5, 0.6) is 0 Å². The molecule has 0 saturated heterocycles. The summed E-state index contributed by atoms with van der Waals surface area (Å²) < 4.78 is 1.59. The summed E-state index contributed by atoms with van der Waals surface area (Å²) in [6.07, 6.45) is 1.66. The van der Waals surface area contributed by atoms with Crippen LogP contribution in [-0.2, 0) is 12.3 Å². The van der Waals surface area contributed by atoms with Crippen molar-refractivity contribution in [1.29, 1.82) is 0 Å². The number of hydrogen-bond acceptors (Lipinski definition) is 4. The van der Waals surface area contributed by atoms with Gasteiger partial charge in [0.25, 0.3) is 5.56 Å². The number of aromatic nitrogens is 2. The number of rotatable bonds is 6. The molecule has 1 heterocycles. The second-order valence-corrected chi connectivity index (χ2v) is 6.99. The second kappa shape index (κ2) is 7.76. The van der Waals surface area contributed by atoms with E-state index in [-0.39, 0.29) is 5.56 Å². The molecule has 2 aromatic carbocycles. The number of allylic oxidation sites excluding steroid dienone is 1. The standard InChI is InChI=1S/C19H16ClN3O2S/c1-2-9-23-18(25)15-8-7-14(20)10-16(15)22-19(23)26-11-12-3-5-13(6-4-12)17(21)24/h2-8,10H,1,9,11H2,(H2,21,24). The monoisotopic (exact) mass is 385 g/mol. The van der Waals surface area contributed by atoms with Gasteiger partial charge in [0.2, 0.25) is 5.91 Å². The van der Waals surface area contributed by atoms with Gasteiger partial charge in [0.15, 0.2) is 5.16 Å². The Kier molecular flexibility index (Phi) is 5.44. The number of thioether (sulfide) groups is 1. The van der Waals surface area contributed by atoms with Crippen LogP contribution in [0.15, 0.2) is 65.1 Å². The lowest BCUT2D eigenvalue weighted by Gasteiger charge is -2.11. The van der Waals surface area contributed by atoms with Gasteiger partial charge >= 0.3 is 0 Å². The van der Waals surface area contributed by atoms with Crippen LogP contribution in [-0.4, -0.2) is 15.5 Å². The van der Waals surface area contributed by atoms with Gasteiger partial charge in [-0.3, -0.25) is 14.2 Å².